The zero-order valence-electron chi connectivity index (χ0n) is 38.3. The molecule has 4 aromatic heterocycles. The number of benzene rings is 10. The number of furan rings is 2. The standard InChI is InChI=1S/2C13H10O.2C13H10S.C11H10/c1-9-5-4-7-11-10-6-2-3-8-12(10)14-13(9)11;1-9-5-4-8-12-13(9)10-6-2-3-7-11(10)14-12;1-9-5-4-7-11-10-6-2-3-8-12(10)14-13(9)11;1-9-5-4-8-12-13(9)10-6-2-3-7-11(10)14-12;1-9-6-7-10-4-2-3-5-11(10)8-9/h4*2-8H,1H3;2-8H,1H3. The average molecular weight is 903 g/mol. The van der Waals surface area contributed by atoms with E-state index in [1.54, 1.807) is 0 Å². The Hall–Kier alpha value is -7.50. The molecule has 0 saturated heterocycles. The van der Waals surface area contributed by atoms with Crippen LogP contribution in [0.25, 0.3) is 95.0 Å². The molecule has 14 aromatic rings. The van der Waals surface area contributed by atoms with Gasteiger partial charge in [0.15, 0.2) is 0 Å². The smallest absolute Gasteiger partial charge is 0.138 e. The highest BCUT2D eigenvalue weighted by Gasteiger charge is 2.09. The second kappa shape index (κ2) is 19.1. The molecule has 0 aliphatic rings. The van der Waals surface area contributed by atoms with Crippen LogP contribution in [-0.2, 0) is 0 Å². The highest BCUT2D eigenvalue weighted by atomic mass is 32.1. The van der Waals surface area contributed by atoms with Gasteiger partial charge < -0.3 is 8.83 Å². The molecule has 4 heteroatoms. The fourth-order valence-electron chi connectivity index (χ4n) is 8.99. The summed E-state index contributed by atoms with van der Waals surface area (Å²) in [6.07, 6.45) is 0. The maximum Gasteiger partial charge on any atom is 0.138 e. The molecule has 2 nitrogen and oxygen atoms in total. The van der Waals surface area contributed by atoms with Crippen molar-refractivity contribution in [1.82, 2.24) is 0 Å². The van der Waals surface area contributed by atoms with E-state index in [-0.39, 0.29) is 0 Å². The Bertz CT molecular complexity index is 3770. The van der Waals surface area contributed by atoms with Gasteiger partial charge in [0.2, 0.25) is 0 Å². The fourth-order valence-corrected chi connectivity index (χ4v) is 11.3. The lowest BCUT2D eigenvalue weighted by Crippen LogP contribution is -1.73. The third-order valence-electron chi connectivity index (χ3n) is 12.3. The van der Waals surface area contributed by atoms with Crippen molar-refractivity contribution in [1.29, 1.82) is 0 Å². The Balaban J connectivity index is 0.0000000982. The van der Waals surface area contributed by atoms with E-state index in [0.717, 1.165) is 22.3 Å². The van der Waals surface area contributed by atoms with Crippen LogP contribution in [-0.4, -0.2) is 0 Å². The second-order valence-electron chi connectivity index (χ2n) is 17.0. The number of aryl methyl sites for hydroxylation is 5. The first-order valence-electron chi connectivity index (χ1n) is 22.7. The van der Waals surface area contributed by atoms with Crippen molar-refractivity contribution in [2.75, 3.05) is 0 Å². The molecule has 0 N–H and O–H groups in total. The van der Waals surface area contributed by atoms with Crippen LogP contribution in [0, 0.1) is 34.6 Å². The van der Waals surface area contributed by atoms with E-state index >= 15 is 0 Å². The molecule has 326 valence electrons. The highest BCUT2D eigenvalue weighted by Crippen LogP contribution is 2.37. The molecule has 0 bridgehead atoms. The zero-order chi connectivity index (χ0) is 45.9. The maximum absolute atomic E-state index is 5.78. The molecular weight excluding hydrogens is 853 g/mol. The van der Waals surface area contributed by atoms with Crippen molar-refractivity contribution in [3.63, 3.8) is 0 Å². The third kappa shape index (κ3) is 8.94. The van der Waals surface area contributed by atoms with E-state index in [9.17, 15) is 0 Å². The Morgan fingerprint density at radius 3 is 1.58 bits per heavy atom. The topological polar surface area (TPSA) is 26.3 Å². The summed E-state index contributed by atoms with van der Waals surface area (Å²) >= 11 is 3.76. The van der Waals surface area contributed by atoms with Crippen molar-refractivity contribution < 1.29 is 8.83 Å². The first-order chi connectivity index (χ1) is 32.8. The Morgan fingerprint density at radius 2 is 0.806 bits per heavy atom. The Kier molecular flexibility index (Phi) is 12.4. The van der Waals surface area contributed by atoms with Gasteiger partial charge in [0, 0.05) is 61.9 Å². The van der Waals surface area contributed by atoms with Crippen LogP contribution in [0.3, 0.4) is 0 Å². The van der Waals surface area contributed by atoms with Crippen LogP contribution in [0.5, 0.6) is 0 Å². The number of para-hydroxylation sites is 3. The van der Waals surface area contributed by atoms with Crippen LogP contribution in [0.15, 0.2) is 221 Å². The molecule has 4 heterocycles. The quantitative estimate of drug-likeness (QED) is 0.152. The van der Waals surface area contributed by atoms with Gasteiger partial charge in [-0.05, 0) is 104 Å². The molecule has 67 heavy (non-hydrogen) atoms. The maximum atomic E-state index is 5.78. The summed E-state index contributed by atoms with van der Waals surface area (Å²) in [4.78, 5) is 0. The summed E-state index contributed by atoms with van der Waals surface area (Å²) in [5.41, 5.74) is 10.5. The van der Waals surface area contributed by atoms with E-state index in [4.69, 9.17) is 8.83 Å². The normalized spacial score (nSPS) is 11.1. The van der Waals surface area contributed by atoms with Crippen molar-refractivity contribution >= 4 is 118 Å². The van der Waals surface area contributed by atoms with Crippen molar-refractivity contribution in [3.05, 3.63) is 240 Å². The highest BCUT2D eigenvalue weighted by molar-refractivity contribution is 7.26. The number of fused-ring (bicyclic) bond motifs is 13. The lowest BCUT2D eigenvalue weighted by molar-refractivity contribution is 0.666. The van der Waals surface area contributed by atoms with Crippen LogP contribution in [0.2, 0.25) is 0 Å². The van der Waals surface area contributed by atoms with E-state index in [2.05, 4.69) is 198 Å². The van der Waals surface area contributed by atoms with Crippen LogP contribution >= 0.6 is 22.7 Å². The summed E-state index contributed by atoms with van der Waals surface area (Å²) in [7, 11) is 0. The van der Waals surface area contributed by atoms with Crippen LogP contribution < -0.4 is 0 Å². The van der Waals surface area contributed by atoms with Crippen molar-refractivity contribution in [3.8, 4) is 0 Å². The number of hydrogen-bond donors (Lipinski definition) is 0. The molecule has 14 rings (SSSR count). The summed E-state index contributed by atoms with van der Waals surface area (Å²) in [5, 5.41) is 13.1. The SMILES string of the molecule is Cc1ccc2ccccc2c1.Cc1cccc2c1oc1ccccc12.Cc1cccc2c1sc1ccccc12.Cc1cccc2oc3ccccc3c12.Cc1cccc2sc3ccccc3c12. The first kappa shape index (κ1) is 43.4. The molecule has 0 unspecified atom stereocenters. The predicted molar refractivity (Wildman–Crippen MR) is 294 cm³/mol. The molecule has 0 amide bonds. The van der Waals surface area contributed by atoms with Gasteiger partial charge in [-0.3, -0.25) is 0 Å². The van der Waals surface area contributed by atoms with E-state index in [1.807, 2.05) is 71.2 Å². The van der Waals surface area contributed by atoms with Gasteiger partial charge in [-0.1, -0.05) is 181 Å². The predicted octanol–water partition coefficient (Wildman–Crippen LogP) is 19.7. The molecule has 0 spiro atoms. The van der Waals surface area contributed by atoms with Gasteiger partial charge in [-0.15, -0.1) is 22.7 Å². The molecule has 0 fully saturated rings. The molecule has 0 aliphatic heterocycles. The zero-order valence-corrected chi connectivity index (χ0v) is 40.0. The van der Waals surface area contributed by atoms with Crippen molar-refractivity contribution in [2.24, 2.45) is 0 Å². The van der Waals surface area contributed by atoms with Gasteiger partial charge in [0.05, 0.1) is 0 Å². The molecule has 10 aromatic carbocycles. The van der Waals surface area contributed by atoms with Gasteiger partial charge in [-0.2, -0.15) is 0 Å². The Morgan fingerprint density at radius 1 is 0.299 bits per heavy atom. The molecule has 0 atom stereocenters. The minimum Gasteiger partial charge on any atom is -0.456 e. The molecule has 0 aliphatic carbocycles. The Labute approximate surface area is 399 Å². The summed E-state index contributed by atoms with van der Waals surface area (Å²) in [6, 6.07) is 73.9. The summed E-state index contributed by atoms with van der Waals surface area (Å²) < 4.78 is 17.1. The lowest BCUT2D eigenvalue weighted by Gasteiger charge is -1.96. The van der Waals surface area contributed by atoms with E-state index in [1.165, 1.54) is 100 Å². The number of hydrogen-bond acceptors (Lipinski definition) is 4. The third-order valence-corrected chi connectivity index (χ3v) is 14.8. The van der Waals surface area contributed by atoms with Crippen LogP contribution in [0.1, 0.15) is 27.8 Å². The largest absolute Gasteiger partial charge is 0.456 e. The fraction of sp³-hybridized carbons (Fsp3) is 0.0794. The molecular formula is C63H50O2S2. The lowest BCUT2D eigenvalue weighted by atomic mass is 10.1. The minimum atomic E-state index is 0.969. The summed E-state index contributed by atoms with van der Waals surface area (Å²) in [6.45, 7) is 10.7. The van der Waals surface area contributed by atoms with Gasteiger partial charge in [0.1, 0.15) is 22.3 Å². The minimum absolute atomic E-state index is 0.969. The van der Waals surface area contributed by atoms with Gasteiger partial charge in [-0.25, -0.2) is 0 Å². The second-order valence-corrected chi connectivity index (χ2v) is 19.2. The molecule has 0 saturated carbocycles. The monoisotopic (exact) mass is 902 g/mol. The van der Waals surface area contributed by atoms with Gasteiger partial charge >= 0.3 is 0 Å². The average Bonchev–Trinajstić information content (AvgIpc) is 4.14. The van der Waals surface area contributed by atoms with E-state index < -0.39 is 0 Å². The van der Waals surface area contributed by atoms with Crippen molar-refractivity contribution in [2.45, 2.75) is 34.6 Å². The van der Waals surface area contributed by atoms with Crippen LogP contribution in [0.4, 0.5) is 0 Å². The van der Waals surface area contributed by atoms with Gasteiger partial charge in [0.25, 0.3) is 0 Å². The number of thiophene rings is 2. The first-order valence-corrected chi connectivity index (χ1v) is 24.4. The van der Waals surface area contributed by atoms with E-state index in [0.29, 0.717) is 0 Å². The number of rotatable bonds is 0. The molecule has 0 radical (unpaired) electrons. The summed E-state index contributed by atoms with van der Waals surface area (Å²) in [5.74, 6) is 0.